The molecule has 1 fully saturated rings. The normalized spacial score (nSPS) is 19.6. The fraction of sp³-hybridized carbons (Fsp3) is 0.438. The Morgan fingerprint density at radius 3 is 2.71 bits per heavy atom. The summed E-state index contributed by atoms with van der Waals surface area (Å²) in [7, 11) is 1.44. The first-order valence-corrected chi connectivity index (χ1v) is 7.54. The van der Waals surface area contributed by atoms with Crippen molar-refractivity contribution in [2.45, 2.75) is 31.6 Å². The Bertz CT molecular complexity index is 753. The average molecular weight is 331 g/mol. The number of rotatable bonds is 5. The zero-order valence-electron chi connectivity index (χ0n) is 13.4. The van der Waals surface area contributed by atoms with Crippen LogP contribution in [0.15, 0.2) is 12.1 Å². The summed E-state index contributed by atoms with van der Waals surface area (Å²) >= 11 is 0. The number of anilines is 1. The van der Waals surface area contributed by atoms with E-state index in [0.29, 0.717) is 6.42 Å². The van der Waals surface area contributed by atoms with Gasteiger partial charge in [0, 0.05) is 19.5 Å². The van der Waals surface area contributed by atoms with Gasteiger partial charge < -0.3 is 10.1 Å². The standard InChI is InChI=1S/C16H17N3O5/c1-3-24-15(21)16(8-4-5-13(16)20)11-6-7-12(19(22)23)14(18-2)10(11)9-17/h6-7,18H,3-5,8H2,1-2H3. The molecule has 0 aromatic heterocycles. The van der Waals surface area contributed by atoms with Gasteiger partial charge in [0.25, 0.3) is 5.69 Å². The lowest BCUT2D eigenvalue weighted by atomic mass is 9.75. The second kappa shape index (κ2) is 6.66. The van der Waals surface area contributed by atoms with Crippen LogP contribution in [0.2, 0.25) is 0 Å². The van der Waals surface area contributed by atoms with Crippen LogP contribution in [0, 0.1) is 21.4 Å². The topological polar surface area (TPSA) is 122 Å². The van der Waals surface area contributed by atoms with Gasteiger partial charge in [0.1, 0.15) is 11.8 Å². The largest absolute Gasteiger partial charge is 0.465 e. The van der Waals surface area contributed by atoms with Gasteiger partial charge in [-0.3, -0.25) is 19.7 Å². The number of esters is 1. The number of carbonyl (C=O) groups is 2. The Labute approximate surface area is 138 Å². The molecule has 0 saturated heterocycles. The number of ketones is 1. The molecular weight excluding hydrogens is 314 g/mol. The van der Waals surface area contributed by atoms with Crippen molar-refractivity contribution in [1.29, 1.82) is 5.26 Å². The third-order valence-corrected chi connectivity index (χ3v) is 4.26. The van der Waals surface area contributed by atoms with Crippen LogP contribution >= 0.6 is 0 Å². The minimum absolute atomic E-state index is 0.0108. The number of hydrogen-bond acceptors (Lipinski definition) is 7. The molecule has 24 heavy (non-hydrogen) atoms. The first-order valence-electron chi connectivity index (χ1n) is 7.54. The second-order valence-electron chi connectivity index (χ2n) is 5.40. The first-order chi connectivity index (χ1) is 11.4. The fourth-order valence-corrected chi connectivity index (χ4v) is 3.20. The number of Topliss-reactive ketones (excluding diaryl/α,β-unsaturated/α-hetero) is 1. The van der Waals surface area contributed by atoms with Crippen molar-refractivity contribution in [1.82, 2.24) is 0 Å². The monoisotopic (exact) mass is 331 g/mol. The molecule has 0 heterocycles. The van der Waals surface area contributed by atoms with E-state index >= 15 is 0 Å². The summed E-state index contributed by atoms with van der Waals surface area (Å²) in [5.41, 5.74) is -1.77. The van der Waals surface area contributed by atoms with Crippen LogP contribution in [-0.4, -0.2) is 30.3 Å². The lowest BCUT2D eigenvalue weighted by molar-refractivity contribution is -0.384. The SMILES string of the molecule is CCOC(=O)C1(c2ccc([N+](=O)[O-])c(NC)c2C#N)CCCC1=O. The average Bonchev–Trinajstić information content (AvgIpc) is 2.95. The predicted octanol–water partition coefficient (Wildman–Crippen LogP) is 2.06. The highest BCUT2D eigenvalue weighted by Crippen LogP contribution is 2.44. The Morgan fingerprint density at radius 2 is 2.25 bits per heavy atom. The number of nitrogens with zero attached hydrogens (tertiary/aromatic N) is 2. The number of carbonyl (C=O) groups excluding carboxylic acids is 2. The van der Waals surface area contributed by atoms with Crippen LogP contribution in [-0.2, 0) is 19.7 Å². The van der Waals surface area contributed by atoms with E-state index < -0.39 is 16.3 Å². The lowest BCUT2D eigenvalue weighted by Crippen LogP contribution is -2.42. The molecule has 0 aliphatic heterocycles. The molecule has 1 unspecified atom stereocenters. The summed E-state index contributed by atoms with van der Waals surface area (Å²) in [6.07, 6.45) is 0.921. The van der Waals surface area contributed by atoms with Crippen molar-refractivity contribution >= 4 is 23.1 Å². The van der Waals surface area contributed by atoms with Crippen molar-refractivity contribution in [3.05, 3.63) is 33.4 Å². The molecule has 0 amide bonds. The molecule has 1 aromatic rings. The summed E-state index contributed by atoms with van der Waals surface area (Å²) < 4.78 is 5.08. The van der Waals surface area contributed by atoms with Gasteiger partial charge >= 0.3 is 5.97 Å². The maximum Gasteiger partial charge on any atom is 0.324 e. The predicted molar refractivity (Wildman–Crippen MR) is 84.5 cm³/mol. The number of hydrogen-bond donors (Lipinski definition) is 1. The molecule has 1 aliphatic carbocycles. The number of benzene rings is 1. The molecule has 126 valence electrons. The highest BCUT2D eigenvalue weighted by atomic mass is 16.6. The van der Waals surface area contributed by atoms with Crippen molar-refractivity contribution in [3.8, 4) is 6.07 Å². The second-order valence-corrected chi connectivity index (χ2v) is 5.40. The van der Waals surface area contributed by atoms with E-state index in [1.807, 2.05) is 6.07 Å². The van der Waals surface area contributed by atoms with E-state index in [4.69, 9.17) is 4.74 Å². The lowest BCUT2D eigenvalue weighted by Gasteiger charge is -2.27. The van der Waals surface area contributed by atoms with Gasteiger partial charge in [-0.25, -0.2) is 0 Å². The zero-order valence-corrected chi connectivity index (χ0v) is 13.4. The Hall–Kier alpha value is -2.95. The van der Waals surface area contributed by atoms with E-state index in [-0.39, 0.29) is 47.7 Å². The molecule has 1 atom stereocenters. The molecule has 0 radical (unpaired) electrons. The summed E-state index contributed by atoms with van der Waals surface area (Å²) in [6.45, 7) is 1.73. The summed E-state index contributed by atoms with van der Waals surface area (Å²) in [5.74, 6) is -1.03. The van der Waals surface area contributed by atoms with E-state index in [0.717, 1.165) is 0 Å². The molecule has 8 heteroatoms. The van der Waals surface area contributed by atoms with E-state index in [1.165, 1.54) is 19.2 Å². The van der Waals surface area contributed by atoms with Gasteiger partial charge in [0.05, 0.1) is 17.1 Å². The third kappa shape index (κ3) is 2.48. The van der Waals surface area contributed by atoms with Crippen molar-refractivity contribution in [2.24, 2.45) is 0 Å². The van der Waals surface area contributed by atoms with Gasteiger partial charge in [-0.05, 0) is 31.4 Å². The van der Waals surface area contributed by atoms with Gasteiger partial charge in [0.2, 0.25) is 0 Å². The molecule has 1 aromatic carbocycles. The number of nitrogens with one attached hydrogen (secondary N) is 1. The Kier molecular flexibility index (Phi) is 4.83. The molecule has 8 nitrogen and oxygen atoms in total. The molecule has 1 saturated carbocycles. The van der Waals surface area contributed by atoms with Crippen molar-refractivity contribution < 1.29 is 19.2 Å². The van der Waals surface area contributed by atoms with Crippen LogP contribution in [0.25, 0.3) is 0 Å². The molecule has 1 aliphatic rings. The van der Waals surface area contributed by atoms with E-state index in [9.17, 15) is 25.0 Å². The minimum Gasteiger partial charge on any atom is -0.465 e. The highest BCUT2D eigenvalue weighted by molar-refractivity contribution is 6.12. The molecule has 0 bridgehead atoms. The molecular formula is C16H17N3O5. The Morgan fingerprint density at radius 1 is 1.54 bits per heavy atom. The van der Waals surface area contributed by atoms with E-state index in [1.54, 1.807) is 6.92 Å². The highest BCUT2D eigenvalue weighted by Gasteiger charge is 2.53. The van der Waals surface area contributed by atoms with Gasteiger partial charge in [-0.1, -0.05) is 0 Å². The van der Waals surface area contributed by atoms with Gasteiger partial charge in [-0.2, -0.15) is 5.26 Å². The molecule has 2 rings (SSSR count). The smallest absolute Gasteiger partial charge is 0.324 e. The summed E-state index contributed by atoms with van der Waals surface area (Å²) in [5, 5.41) is 23.3. The quantitative estimate of drug-likeness (QED) is 0.379. The maximum absolute atomic E-state index is 12.6. The number of nitriles is 1. The minimum atomic E-state index is -1.57. The van der Waals surface area contributed by atoms with Crippen LogP contribution in [0.3, 0.4) is 0 Å². The number of nitro benzene ring substituents is 1. The van der Waals surface area contributed by atoms with Crippen LogP contribution < -0.4 is 5.32 Å². The number of nitro groups is 1. The van der Waals surface area contributed by atoms with Crippen LogP contribution in [0.4, 0.5) is 11.4 Å². The molecule has 1 N–H and O–H groups in total. The maximum atomic E-state index is 12.6. The summed E-state index contributed by atoms with van der Waals surface area (Å²) in [4.78, 5) is 35.6. The first kappa shape index (κ1) is 17.4. The third-order valence-electron chi connectivity index (χ3n) is 4.26. The van der Waals surface area contributed by atoms with Gasteiger partial charge in [-0.15, -0.1) is 0 Å². The van der Waals surface area contributed by atoms with Crippen LogP contribution in [0.5, 0.6) is 0 Å². The van der Waals surface area contributed by atoms with Crippen molar-refractivity contribution in [2.75, 3.05) is 19.0 Å². The van der Waals surface area contributed by atoms with Crippen LogP contribution in [0.1, 0.15) is 37.3 Å². The van der Waals surface area contributed by atoms with Gasteiger partial charge in [0.15, 0.2) is 11.2 Å². The zero-order chi connectivity index (χ0) is 17.9. The number of ether oxygens (including phenoxy) is 1. The fourth-order valence-electron chi connectivity index (χ4n) is 3.20. The molecule has 0 spiro atoms. The summed E-state index contributed by atoms with van der Waals surface area (Å²) in [6, 6.07) is 4.42. The van der Waals surface area contributed by atoms with E-state index in [2.05, 4.69) is 5.32 Å². The Balaban J connectivity index is 2.77. The van der Waals surface area contributed by atoms with Crippen molar-refractivity contribution in [3.63, 3.8) is 0 Å².